The first-order chi connectivity index (χ1) is 9.92. The van der Waals surface area contributed by atoms with Crippen LogP contribution in [0.1, 0.15) is 23.7 Å². The number of halogens is 1. The zero-order valence-electron chi connectivity index (χ0n) is 12.0. The monoisotopic (exact) mass is 318 g/mol. The summed E-state index contributed by atoms with van der Waals surface area (Å²) in [4.78, 5) is 11.1. The average Bonchev–Trinajstić information content (AvgIpc) is 2.46. The molecule has 6 nitrogen and oxygen atoms in total. The highest BCUT2D eigenvalue weighted by molar-refractivity contribution is 7.89. The van der Waals surface area contributed by atoms with Crippen LogP contribution in [0.2, 0.25) is 0 Å². The Kier molecular flexibility index (Phi) is 6.73. The van der Waals surface area contributed by atoms with Crippen molar-refractivity contribution in [1.29, 1.82) is 0 Å². The molecule has 0 aromatic heterocycles. The summed E-state index contributed by atoms with van der Waals surface area (Å²) in [7, 11) is -2.86. The van der Waals surface area contributed by atoms with Crippen LogP contribution < -0.4 is 10.0 Å². The van der Waals surface area contributed by atoms with Gasteiger partial charge in [0.25, 0.3) is 0 Å². The highest BCUT2D eigenvalue weighted by Crippen LogP contribution is 2.18. The van der Waals surface area contributed by atoms with E-state index in [4.69, 9.17) is 0 Å². The Morgan fingerprint density at radius 2 is 2.00 bits per heavy atom. The summed E-state index contributed by atoms with van der Waals surface area (Å²) in [6, 6.07) is 2.90. The van der Waals surface area contributed by atoms with E-state index < -0.39 is 26.7 Å². The summed E-state index contributed by atoms with van der Waals surface area (Å²) in [5.74, 6) is -1.58. The van der Waals surface area contributed by atoms with E-state index in [9.17, 15) is 17.6 Å². The van der Waals surface area contributed by atoms with Gasteiger partial charge >= 0.3 is 5.97 Å². The van der Waals surface area contributed by atoms with Crippen molar-refractivity contribution in [2.45, 2.75) is 18.2 Å². The van der Waals surface area contributed by atoms with Crippen molar-refractivity contribution in [3.8, 4) is 0 Å². The third-order valence-corrected chi connectivity index (χ3v) is 4.16. The van der Waals surface area contributed by atoms with Gasteiger partial charge in [0, 0.05) is 13.1 Å². The second-order valence-corrected chi connectivity index (χ2v) is 6.02. The summed E-state index contributed by atoms with van der Waals surface area (Å²) in [6.45, 7) is 3.34. The van der Waals surface area contributed by atoms with Gasteiger partial charge in [-0.1, -0.05) is 6.92 Å². The molecule has 0 spiro atoms. The van der Waals surface area contributed by atoms with E-state index in [0.29, 0.717) is 6.54 Å². The number of nitrogens with one attached hydrogen (secondary N) is 2. The molecular weight excluding hydrogens is 299 g/mol. The molecular formula is C13H19FN2O4S. The predicted octanol–water partition coefficient (Wildman–Crippen LogP) is 0.890. The molecule has 0 unspecified atom stereocenters. The van der Waals surface area contributed by atoms with Crippen molar-refractivity contribution >= 4 is 16.0 Å². The number of carbonyl (C=O) groups excluding carboxylic acids is 1. The minimum atomic E-state index is -3.99. The molecule has 0 aliphatic carbocycles. The van der Waals surface area contributed by atoms with Gasteiger partial charge < -0.3 is 10.1 Å². The fourth-order valence-corrected chi connectivity index (χ4v) is 2.89. The molecule has 0 bridgehead atoms. The zero-order valence-corrected chi connectivity index (χ0v) is 12.8. The Morgan fingerprint density at radius 1 is 1.29 bits per heavy atom. The van der Waals surface area contributed by atoms with Crippen LogP contribution in [-0.2, 0) is 14.8 Å². The van der Waals surface area contributed by atoms with Gasteiger partial charge in [-0.3, -0.25) is 0 Å². The maximum absolute atomic E-state index is 13.3. The van der Waals surface area contributed by atoms with Crippen LogP contribution in [0, 0.1) is 5.82 Å². The molecule has 0 saturated carbocycles. The number of esters is 1. The Morgan fingerprint density at radius 3 is 2.62 bits per heavy atom. The van der Waals surface area contributed by atoms with E-state index >= 15 is 0 Å². The quantitative estimate of drug-likeness (QED) is 0.549. The van der Waals surface area contributed by atoms with E-state index in [1.165, 1.54) is 0 Å². The number of hydrogen-bond donors (Lipinski definition) is 2. The molecule has 1 aromatic rings. The van der Waals surface area contributed by atoms with Crippen molar-refractivity contribution < 1.29 is 22.3 Å². The van der Waals surface area contributed by atoms with Gasteiger partial charge in [0.2, 0.25) is 10.0 Å². The molecule has 2 N–H and O–H groups in total. The molecule has 0 fully saturated rings. The van der Waals surface area contributed by atoms with Gasteiger partial charge in [-0.2, -0.15) is 0 Å². The van der Waals surface area contributed by atoms with E-state index in [1.54, 1.807) is 0 Å². The molecule has 8 heteroatoms. The van der Waals surface area contributed by atoms with Crippen LogP contribution in [0.3, 0.4) is 0 Å². The first kappa shape index (κ1) is 17.5. The molecule has 0 saturated heterocycles. The van der Waals surface area contributed by atoms with E-state index in [1.807, 2.05) is 6.92 Å². The normalized spacial score (nSPS) is 11.4. The molecule has 0 heterocycles. The Hall–Kier alpha value is -1.51. The van der Waals surface area contributed by atoms with Crippen LogP contribution in [0.15, 0.2) is 23.1 Å². The van der Waals surface area contributed by atoms with E-state index in [-0.39, 0.29) is 12.1 Å². The summed E-state index contributed by atoms with van der Waals surface area (Å²) in [6.07, 6.45) is 0.934. The lowest BCUT2D eigenvalue weighted by atomic mass is 10.2. The fourth-order valence-electron chi connectivity index (χ4n) is 1.65. The number of ether oxygens (including phenoxy) is 1. The zero-order chi connectivity index (χ0) is 15.9. The Bertz CT molecular complexity index is 590. The molecule has 118 valence electrons. The van der Waals surface area contributed by atoms with Crippen LogP contribution >= 0.6 is 0 Å². The second-order valence-electron chi connectivity index (χ2n) is 4.28. The minimum absolute atomic E-state index is 0.138. The number of rotatable bonds is 8. The number of carbonyl (C=O) groups is 1. The summed E-state index contributed by atoms with van der Waals surface area (Å²) in [5.41, 5.74) is -0.201. The van der Waals surface area contributed by atoms with Crippen molar-refractivity contribution in [3.63, 3.8) is 0 Å². The fraction of sp³-hybridized carbons (Fsp3) is 0.462. The minimum Gasteiger partial charge on any atom is -0.465 e. The molecule has 0 aliphatic heterocycles. The lowest BCUT2D eigenvalue weighted by Gasteiger charge is -2.11. The number of benzene rings is 1. The predicted molar refractivity (Wildman–Crippen MR) is 76.1 cm³/mol. The van der Waals surface area contributed by atoms with Crippen molar-refractivity contribution in [3.05, 3.63) is 29.6 Å². The van der Waals surface area contributed by atoms with Gasteiger partial charge in [0.15, 0.2) is 0 Å². The Balaban J connectivity index is 2.91. The molecule has 0 amide bonds. The molecule has 0 atom stereocenters. The first-order valence-electron chi connectivity index (χ1n) is 6.50. The molecule has 21 heavy (non-hydrogen) atoms. The van der Waals surface area contributed by atoms with Crippen LogP contribution in [0.4, 0.5) is 4.39 Å². The SMILES string of the molecule is CCCNCCNS(=O)(=O)c1cc(F)ccc1C(=O)OC. The number of methoxy groups -OCH3 is 1. The van der Waals surface area contributed by atoms with Gasteiger partial charge in [0.1, 0.15) is 5.82 Å². The van der Waals surface area contributed by atoms with Crippen molar-refractivity contribution in [2.24, 2.45) is 0 Å². The van der Waals surface area contributed by atoms with E-state index in [0.717, 1.165) is 38.3 Å². The van der Waals surface area contributed by atoms with Crippen molar-refractivity contribution in [1.82, 2.24) is 10.0 Å². The molecule has 1 aromatic carbocycles. The second kappa shape index (κ2) is 8.06. The lowest BCUT2D eigenvalue weighted by Crippen LogP contribution is -2.33. The number of sulfonamides is 1. The highest BCUT2D eigenvalue weighted by Gasteiger charge is 2.23. The number of hydrogen-bond acceptors (Lipinski definition) is 5. The standard InChI is InChI=1S/C13H19FN2O4S/c1-3-6-15-7-8-16-21(18,19)12-9-10(14)4-5-11(12)13(17)20-2/h4-5,9,15-16H,3,6-8H2,1-2H3. The van der Waals surface area contributed by atoms with Gasteiger partial charge in [0.05, 0.1) is 17.6 Å². The third-order valence-electron chi connectivity index (χ3n) is 2.66. The van der Waals surface area contributed by atoms with Crippen LogP contribution in [0.25, 0.3) is 0 Å². The van der Waals surface area contributed by atoms with Crippen LogP contribution in [0.5, 0.6) is 0 Å². The third kappa shape index (κ3) is 5.07. The summed E-state index contributed by atoms with van der Waals surface area (Å²) >= 11 is 0. The summed E-state index contributed by atoms with van der Waals surface area (Å²) < 4.78 is 44.4. The average molecular weight is 318 g/mol. The largest absolute Gasteiger partial charge is 0.465 e. The topological polar surface area (TPSA) is 84.5 Å². The molecule has 0 radical (unpaired) electrons. The smallest absolute Gasteiger partial charge is 0.339 e. The maximum Gasteiger partial charge on any atom is 0.339 e. The maximum atomic E-state index is 13.3. The lowest BCUT2D eigenvalue weighted by molar-refractivity contribution is 0.0596. The van der Waals surface area contributed by atoms with Gasteiger partial charge in [-0.05, 0) is 31.2 Å². The summed E-state index contributed by atoms with van der Waals surface area (Å²) in [5, 5.41) is 3.03. The molecule has 0 aliphatic rings. The Labute approximate surface area is 123 Å². The van der Waals surface area contributed by atoms with Gasteiger partial charge in [-0.25, -0.2) is 22.3 Å². The first-order valence-corrected chi connectivity index (χ1v) is 7.99. The van der Waals surface area contributed by atoms with Crippen LogP contribution in [-0.4, -0.2) is 41.1 Å². The van der Waals surface area contributed by atoms with E-state index in [2.05, 4.69) is 14.8 Å². The molecule has 1 rings (SSSR count). The van der Waals surface area contributed by atoms with Crippen molar-refractivity contribution in [2.75, 3.05) is 26.7 Å². The van der Waals surface area contributed by atoms with Gasteiger partial charge in [-0.15, -0.1) is 0 Å². The highest BCUT2D eigenvalue weighted by atomic mass is 32.2.